The van der Waals surface area contributed by atoms with Crippen molar-refractivity contribution in [3.05, 3.63) is 77.0 Å². The van der Waals surface area contributed by atoms with E-state index in [9.17, 15) is 14.4 Å². The van der Waals surface area contributed by atoms with Gasteiger partial charge in [-0.05, 0) is 62.3 Å². The highest BCUT2D eigenvalue weighted by molar-refractivity contribution is 5.99. The Bertz CT molecular complexity index is 1350. The van der Waals surface area contributed by atoms with Gasteiger partial charge in [-0.3, -0.25) is 9.59 Å². The molecule has 0 saturated carbocycles. The summed E-state index contributed by atoms with van der Waals surface area (Å²) in [6.45, 7) is 6.54. The molecule has 9 heteroatoms. The standard InChI is InChI=1S/C29H34N6O3/c1-20-25(27(30)36)24-19-34(17-18-35(24)26(20)21-7-4-3-5-8-21)29(38)31-23-11-9-22(10-12-23)28(37)33-14-6-13-32(2)15-16-33/h3-5,7-12H,6,13-19H2,1-2H3,(H2,30,36)(H,31,38). The van der Waals surface area contributed by atoms with E-state index in [2.05, 4.69) is 21.8 Å². The minimum Gasteiger partial charge on any atom is -0.366 e. The summed E-state index contributed by atoms with van der Waals surface area (Å²) < 4.78 is 2.11. The van der Waals surface area contributed by atoms with E-state index in [0.717, 1.165) is 48.6 Å². The first-order valence-electron chi connectivity index (χ1n) is 13.0. The van der Waals surface area contributed by atoms with Crippen molar-refractivity contribution in [2.24, 2.45) is 5.73 Å². The van der Waals surface area contributed by atoms with Crippen LogP contribution < -0.4 is 11.1 Å². The second-order valence-electron chi connectivity index (χ2n) is 10.1. The second-order valence-corrected chi connectivity index (χ2v) is 10.1. The van der Waals surface area contributed by atoms with Gasteiger partial charge in [0.05, 0.1) is 23.5 Å². The van der Waals surface area contributed by atoms with Gasteiger partial charge < -0.3 is 30.3 Å². The van der Waals surface area contributed by atoms with E-state index in [4.69, 9.17) is 5.73 Å². The highest BCUT2D eigenvalue weighted by atomic mass is 16.2. The van der Waals surface area contributed by atoms with Crippen LogP contribution in [0.25, 0.3) is 11.3 Å². The SMILES string of the molecule is Cc1c(C(N)=O)c2n(c1-c1ccccc1)CCN(C(=O)Nc1ccc(C(=O)N3CCCN(C)CC3)cc1)C2. The fourth-order valence-electron chi connectivity index (χ4n) is 5.50. The largest absolute Gasteiger partial charge is 0.366 e. The zero-order valence-electron chi connectivity index (χ0n) is 21.9. The van der Waals surface area contributed by atoms with E-state index < -0.39 is 5.91 Å². The number of hydrogen-bond donors (Lipinski definition) is 2. The fourth-order valence-corrected chi connectivity index (χ4v) is 5.50. The smallest absolute Gasteiger partial charge is 0.322 e. The minimum atomic E-state index is -0.494. The number of urea groups is 1. The number of aromatic nitrogens is 1. The van der Waals surface area contributed by atoms with E-state index in [1.54, 1.807) is 29.2 Å². The van der Waals surface area contributed by atoms with Crippen LogP contribution in [0.2, 0.25) is 0 Å². The molecular formula is C29H34N6O3. The zero-order valence-corrected chi connectivity index (χ0v) is 21.9. The van der Waals surface area contributed by atoms with E-state index in [0.29, 0.717) is 36.4 Å². The number of hydrogen-bond acceptors (Lipinski definition) is 4. The normalized spacial score (nSPS) is 16.1. The summed E-state index contributed by atoms with van der Waals surface area (Å²) in [4.78, 5) is 44.3. The lowest BCUT2D eigenvalue weighted by Crippen LogP contribution is -2.41. The van der Waals surface area contributed by atoms with E-state index in [1.165, 1.54) is 0 Å². The summed E-state index contributed by atoms with van der Waals surface area (Å²) in [5, 5.41) is 2.94. The van der Waals surface area contributed by atoms with Gasteiger partial charge in [0.15, 0.2) is 0 Å². The molecule has 3 heterocycles. The Morgan fingerprint density at radius 1 is 0.842 bits per heavy atom. The molecule has 0 atom stereocenters. The number of fused-ring (bicyclic) bond motifs is 1. The molecule has 0 bridgehead atoms. The first-order valence-corrected chi connectivity index (χ1v) is 13.0. The molecule has 1 fully saturated rings. The van der Waals surface area contributed by atoms with Crippen LogP contribution in [-0.2, 0) is 13.1 Å². The number of benzene rings is 2. The monoisotopic (exact) mass is 514 g/mol. The lowest BCUT2D eigenvalue weighted by atomic mass is 10.0. The maximum Gasteiger partial charge on any atom is 0.322 e. The maximum absolute atomic E-state index is 13.2. The Hall–Kier alpha value is -4.11. The second kappa shape index (κ2) is 10.7. The van der Waals surface area contributed by atoms with Crippen molar-refractivity contribution in [1.29, 1.82) is 0 Å². The fraction of sp³-hybridized carbons (Fsp3) is 0.345. The molecule has 0 spiro atoms. The van der Waals surface area contributed by atoms with Gasteiger partial charge in [-0.2, -0.15) is 0 Å². The predicted octanol–water partition coefficient (Wildman–Crippen LogP) is 3.39. The van der Waals surface area contributed by atoms with Crippen molar-refractivity contribution in [2.45, 2.75) is 26.4 Å². The average Bonchev–Trinajstić information content (AvgIpc) is 3.04. The van der Waals surface area contributed by atoms with Gasteiger partial charge in [0.1, 0.15) is 0 Å². The van der Waals surface area contributed by atoms with Crippen LogP contribution in [0.1, 0.15) is 38.4 Å². The number of nitrogens with two attached hydrogens (primary N) is 1. The third-order valence-electron chi connectivity index (χ3n) is 7.52. The van der Waals surface area contributed by atoms with Crippen LogP contribution >= 0.6 is 0 Å². The van der Waals surface area contributed by atoms with Gasteiger partial charge in [0, 0.05) is 44.0 Å². The molecule has 4 amide bonds. The summed E-state index contributed by atoms with van der Waals surface area (Å²) >= 11 is 0. The van der Waals surface area contributed by atoms with Crippen molar-refractivity contribution in [1.82, 2.24) is 19.3 Å². The van der Waals surface area contributed by atoms with Crippen molar-refractivity contribution in [2.75, 3.05) is 45.1 Å². The molecule has 0 unspecified atom stereocenters. The summed E-state index contributed by atoms with van der Waals surface area (Å²) in [6.07, 6.45) is 0.958. The average molecular weight is 515 g/mol. The Morgan fingerprint density at radius 2 is 1.55 bits per heavy atom. The van der Waals surface area contributed by atoms with Crippen molar-refractivity contribution >= 4 is 23.5 Å². The number of amides is 4. The molecule has 5 rings (SSSR count). The Kier molecular flexibility index (Phi) is 7.20. The molecule has 0 aliphatic carbocycles. The Balaban J connectivity index is 1.29. The van der Waals surface area contributed by atoms with Gasteiger partial charge >= 0.3 is 6.03 Å². The molecule has 2 aliphatic heterocycles. The number of carbonyl (C=O) groups excluding carboxylic acids is 3. The molecule has 38 heavy (non-hydrogen) atoms. The number of nitrogens with one attached hydrogen (secondary N) is 1. The highest BCUT2D eigenvalue weighted by Gasteiger charge is 2.30. The van der Waals surface area contributed by atoms with Gasteiger partial charge in [0.25, 0.3) is 11.8 Å². The van der Waals surface area contributed by atoms with E-state index in [1.807, 2.05) is 42.2 Å². The molecule has 3 aromatic rings. The summed E-state index contributed by atoms with van der Waals surface area (Å²) in [5.41, 5.74) is 11.0. The molecule has 2 aromatic carbocycles. The third-order valence-corrected chi connectivity index (χ3v) is 7.52. The lowest BCUT2D eigenvalue weighted by Gasteiger charge is -2.30. The molecule has 198 valence electrons. The van der Waals surface area contributed by atoms with Crippen LogP contribution in [-0.4, -0.2) is 76.9 Å². The molecule has 1 saturated heterocycles. The van der Waals surface area contributed by atoms with Crippen LogP contribution in [0.15, 0.2) is 54.6 Å². The highest BCUT2D eigenvalue weighted by Crippen LogP contribution is 2.34. The molecule has 2 aliphatic rings. The summed E-state index contributed by atoms with van der Waals surface area (Å²) in [6, 6.07) is 16.7. The maximum atomic E-state index is 13.2. The van der Waals surface area contributed by atoms with E-state index >= 15 is 0 Å². The molecule has 1 aromatic heterocycles. The van der Waals surface area contributed by atoms with Gasteiger partial charge in [-0.1, -0.05) is 30.3 Å². The third kappa shape index (κ3) is 5.02. The van der Waals surface area contributed by atoms with Crippen LogP contribution in [0.5, 0.6) is 0 Å². The predicted molar refractivity (Wildman–Crippen MR) is 147 cm³/mol. The Labute approximate surface area is 222 Å². The number of rotatable bonds is 4. The number of carbonyl (C=O) groups is 3. The van der Waals surface area contributed by atoms with Gasteiger partial charge in [0.2, 0.25) is 0 Å². The molecule has 0 radical (unpaired) electrons. The van der Waals surface area contributed by atoms with Gasteiger partial charge in [-0.25, -0.2) is 4.79 Å². The van der Waals surface area contributed by atoms with Gasteiger partial charge in [-0.15, -0.1) is 0 Å². The summed E-state index contributed by atoms with van der Waals surface area (Å²) in [5.74, 6) is -0.481. The number of anilines is 1. The first-order chi connectivity index (χ1) is 18.3. The zero-order chi connectivity index (χ0) is 26.8. The van der Waals surface area contributed by atoms with Crippen molar-refractivity contribution < 1.29 is 14.4 Å². The van der Waals surface area contributed by atoms with Crippen LogP contribution in [0, 0.1) is 6.92 Å². The Morgan fingerprint density at radius 3 is 2.26 bits per heavy atom. The first kappa shape index (κ1) is 25.5. The van der Waals surface area contributed by atoms with Crippen molar-refractivity contribution in [3.8, 4) is 11.3 Å². The number of primary amides is 1. The van der Waals surface area contributed by atoms with Crippen LogP contribution in [0.3, 0.4) is 0 Å². The molecule has 3 N–H and O–H groups in total. The number of likely N-dealkylation sites (N-methyl/N-ethyl adjacent to an activating group) is 1. The van der Waals surface area contributed by atoms with Crippen LogP contribution in [0.4, 0.5) is 10.5 Å². The lowest BCUT2D eigenvalue weighted by molar-refractivity contribution is 0.0762. The van der Waals surface area contributed by atoms with E-state index in [-0.39, 0.29) is 18.5 Å². The summed E-state index contributed by atoms with van der Waals surface area (Å²) in [7, 11) is 2.07. The topological polar surface area (TPSA) is 104 Å². The molecule has 9 nitrogen and oxygen atoms in total. The molecular weight excluding hydrogens is 480 g/mol. The van der Waals surface area contributed by atoms with Crippen molar-refractivity contribution in [3.63, 3.8) is 0 Å². The minimum absolute atomic E-state index is 0.0125. The number of nitrogens with zero attached hydrogens (tertiary/aromatic N) is 4. The quantitative estimate of drug-likeness (QED) is 0.557.